The van der Waals surface area contributed by atoms with Crippen LogP contribution in [-0.2, 0) is 6.42 Å². The lowest BCUT2D eigenvalue weighted by Crippen LogP contribution is -2.41. The molecule has 2 aliphatic heterocycles. The number of aromatic amines is 1. The van der Waals surface area contributed by atoms with Gasteiger partial charge in [-0.1, -0.05) is 18.2 Å². The Labute approximate surface area is 152 Å². The molecule has 5 heteroatoms. The molecule has 2 aromatic carbocycles. The van der Waals surface area contributed by atoms with Crippen LogP contribution in [0.3, 0.4) is 0 Å². The molecule has 5 rings (SSSR count). The number of ether oxygens (including phenoxy) is 1. The van der Waals surface area contributed by atoms with Gasteiger partial charge in [-0.3, -0.25) is 4.90 Å². The Morgan fingerprint density at radius 2 is 1.88 bits per heavy atom. The van der Waals surface area contributed by atoms with Crippen LogP contribution in [0.4, 0.5) is 10.5 Å². The molecule has 1 aromatic heterocycles. The maximum absolute atomic E-state index is 13.1. The van der Waals surface area contributed by atoms with Crippen LogP contribution in [0.2, 0.25) is 0 Å². The number of carbonyl (C=O) groups excluding carboxylic acids is 1. The summed E-state index contributed by atoms with van der Waals surface area (Å²) in [5.74, 6) is 0.799. The predicted octanol–water partition coefficient (Wildman–Crippen LogP) is 4.10. The Hall–Kier alpha value is -2.95. The van der Waals surface area contributed by atoms with E-state index in [1.807, 2.05) is 40.1 Å². The summed E-state index contributed by atoms with van der Waals surface area (Å²) in [6.07, 6.45) is 0.891. The van der Waals surface area contributed by atoms with Gasteiger partial charge in [-0.05, 0) is 49.2 Å². The quantitative estimate of drug-likeness (QED) is 0.758. The van der Waals surface area contributed by atoms with Gasteiger partial charge in [-0.15, -0.1) is 0 Å². The van der Waals surface area contributed by atoms with Crippen LogP contribution in [0.25, 0.3) is 10.9 Å². The van der Waals surface area contributed by atoms with Crippen molar-refractivity contribution in [2.75, 3.05) is 18.6 Å². The Bertz CT molecular complexity index is 992. The number of hydrogen-bond donors (Lipinski definition) is 1. The van der Waals surface area contributed by atoms with Gasteiger partial charge in [0.2, 0.25) is 0 Å². The lowest BCUT2D eigenvalue weighted by atomic mass is 9.93. The monoisotopic (exact) mass is 347 g/mol. The lowest BCUT2D eigenvalue weighted by Gasteiger charge is -2.34. The smallest absolute Gasteiger partial charge is 0.325 e. The van der Waals surface area contributed by atoms with Crippen LogP contribution < -0.4 is 9.64 Å². The summed E-state index contributed by atoms with van der Waals surface area (Å²) < 4.78 is 5.23. The highest BCUT2D eigenvalue weighted by molar-refractivity contribution is 5.96. The zero-order valence-electron chi connectivity index (χ0n) is 14.9. The number of urea groups is 1. The molecule has 0 spiro atoms. The number of amides is 2. The van der Waals surface area contributed by atoms with Gasteiger partial charge in [0.25, 0.3) is 0 Å². The van der Waals surface area contributed by atoms with Gasteiger partial charge in [-0.2, -0.15) is 0 Å². The predicted molar refractivity (Wildman–Crippen MR) is 102 cm³/mol. The Morgan fingerprint density at radius 1 is 1.12 bits per heavy atom. The summed E-state index contributed by atoms with van der Waals surface area (Å²) in [6, 6.07) is 16.4. The molecule has 0 bridgehead atoms. The van der Waals surface area contributed by atoms with Crippen molar-refractivity contribution >= 4 is 22.6 Å². The first kappa shape index (κ1) is 15.3. The molecule has 3 heterocycles. The SMILES string of the molecule is COc1ccc(N2CC3Cc4c([nH]c5ccccc45)C(C)N3C2=O)cc1. The van der Waals surface area contributed by atoms with Crippen LogP contribution in [0, 0.1) is 0 Å². The number of aromatic nitrogens is 1. The molecular weight excluding hydrogens is 326 g/mol. The summed E-state index contributed by atoms with van der Waals surface area (Å²) in [7, 11) is 1.65. The van der Waals surface area contributed by atoms with Crippen LogP contribution in [0.1, 0.15) is 24.2 Å². The Kier molecular flexibility index (Phi) is 3.26. The third-order valence-electron chi connectivity index (χ3n) is 5.74. The van der Waals surface area contributed by atoms with Crippen LogP contribution >= 0.6 is 0 Å². The van der Waals surface area contributed by atoms with E-state index in [2.05, 4.69) is 30.1 Å². The maximum Gasteiger partial charge on any atom is 0.325 e. The first-order valence-corrected chi connectivity index (χ1v) is 9.00. The molecule has 0 saturated carbocycles. The fourth-order valence-corrected chi connectivity index (χ4v) is 4.47. The highest BCUT2D eigenvalue weighted by Gasteiger charge is 2.45. The molecule has 1 fully saturated rings. The second-order valence-corrected chi connectivity index (χ2v) is 7.10. The van der Waals surface area contributed by atoms with Gasteiger partial charge < -0.3 is 14.6 Å². The zero-order valence-corrected chi connectivity index (χ0v) is 14.9. The zero-order chi connectivity index (χ0) is 17.8. The fourth-order valence-electron chi connectivity index (χ4n) is 4.47. The van der Waals surface area contributed by atoms with E-state index in [4.69, 9.17) is 4.74 Å². The van der Waals surface area contributed by atoms with Gasteiger partial charge >= 0.3 is 6.03 Å². The highest BCUT2D eigenvalue weighted by Crippen LogP contribution is 2.41. The molecule has 1 N–H and O–H groups in total. The number of hydrogen-bond acceptors (Lipinski definition) is 2. The number of methoxy groups -OCH3 is 1. The van der Waals surface area contributed by atoms with E-state index in [-0.39, 0.29) is 18.1 Å². The van der Waals surface area contributed by atoms with Crippen molar-refractivity contribution in [1.29, 1.82) is 0 Å². The van der Waals surface area contributed by atoms with E-state index < -0.39 is 0 Å². The van der Waals surface area contributed by atoms with Gasteiger partial charge in [0.1, 0.15) is 5.75 Å². The highest BCUT2D eigenvalue weighted by atomic mass is 16.5. The first-order chi connectivity index (χ1) is 12.7. The number of para-hydroxylation sites is 1. The van der Waals surface area contributed by atoms with Crippen molar-refractivity contribution in [2.24, 2.45) is 0 Å². The number of anilines is 1. The summed E-state index contributed by atoms with van der Waals surface area (Å²) in [6.45, 7) is 2.84. The molecule has 2 amide bonds. The van der Waals surface area contributed by atoms with Crippen molar-refractivity contribution < 1.29 is 9.53 Å². The number of carbonyl (C=O) groups is 1. The molecule has 2 aliphatic rings. The van der Waals surface area contributed by atoms with Crippen LogP contribution in [0.5, 0.6) is 5.75 Å². The molecular formula is C21H21N3O2. The first-order valence-electron chi connectivity index (χ1n) is 9.00. The van der Waals surface area contributed by atoms with E-state index in [0.29, 0.717) is 6.54 Å². The molecule has 0 aliphatic carbocycles. The number of nitrogens with one attached hydrogen (secondary N) is 1. The van der Waals surface area contributed by atoms with Gasteiger partial charge in [-0.25, -0.2) is 4.79 Å². The second kappa shape index (κ2) is 5.53. The molecule has 2 atom stereocenters. The van der Waals surface area contributed by atoms with Gasteiger partial charge in [0.15, 0.2) is 0 Å². The van der Waals surface area contributed by atoms with Crippen LogP contribution in [-0.4, -0.2) is 35.6 Å². The molecule has 132 valence electrons. The summed E-state index contributed by atoms with van der Waals surface area (Å²) in [5.41, 5.74) is 4.61. The second-order valence-electron chi connectivity index (χ2n) is 7.10. The van der Waals surface area contributed by atoms with E-state index >= 15 is 0 Å². The molecule has 1 saturated heterocycles. The van der Waals surface area contributed by atoms with E-state index in [0.717, 1.165) is 23.4 Å². The molecule has 2 unspecified atom stereocenters. The minimum absolute atomic E-state index is 0.0481. The summed E-state index contributed by atoms with van der Waals surface area (Å²) >= 11 is 0. The van der Waals surface area contributed by atoms with Crippen molar-refractivity contribution in [2.45, 2.75) is 25.4 Å². The maximum atomic E-state index is 13.1. The van der Waals surface area contributed by atoms with Gasteiger partial charge in [0, 0.05) is 28.8 Å². The van der Waals surface area contributed by atoms with Crippen molar-refractivity contribution in [3.63, 3.8) is 0 Å². The lowest BCUT2D eigenvalue weighted by molar-refractivity contribution is 0.173. The Balaban J connectivity index is 1.51. The van der Waals surface area contributed by atoms with Gasteiger partial charge in [0.05, 0.1) is 19.2 Å². The number of H-pyrrole nitrogens is 1. The summed E-state index contributed by atoms with van der Waals surface area (Å²) in [5, 5.41) is 1.28. The fraction of sp³-hybridized carbons (Fsp3) is 0.286. The Morgan fingerprint density at radius 3 is 2.65 bits per heavy atom. The number of fused-ring (bicyclic) bond motifs is 4. The number of benzene rings is 2. The molecule has 5 nitrogen and oxygen atoms in total. The van der Waals surface area contributed by atoms with E-state index in [1.165, 1.54) is 16.6 Å². The molecule has 3 aromatic rings. The van der Waals surface area contributed by atoms with E-state index in [1.54, 1.807) is 7.11 Å². The summed E-state index contributed by atoms with van der Waals surface area (Å²) in [4.78, 5) is 20.6. The third-order valence-corrected chi connectivity index (χ3v) is 5.74. The molecule has 0 radical (unpaired) electrons. The standard InChI is InChI=1S/C21H21N3O2/c1-13-20-18(17-5-3-4-6-19(17)22-20)11-15-12-23(21(25)24(13)15)14-7-9-16(26-2)10-8-14/h3-10,13,15,22H,11-12H2,1-2H3. The minimum Gasteiger partial charge on any atom is -0.497 e. The average molecular weight is 347 g/mol. The number of nitrogens with zero attached hydrogens (tertiary/aromatic N) is 2. The van der Waals surface area contributed by atoms with Crippen molar-refractivity contribution in [3.8, 4) is 5.75 Å². The number of rotatable bonds is 2. The van der Waals surface area contributed by atoms with E-state index in [9.17, 15) is 4.79 Å². The largest absolute Gasteiger partial charge is 0.497 e. The normalized spacial score (nSPS) is 21.8. The van der Waals surface area contributed by atoms with Crippen molar-refractivity contribution in [3.05, 3.63) is 59.8 Å². The average Bonchev–Trinajstić information content (AvgIpc) is 3.21. The van der Waals surface area contributed by atoms with Crippen molar-refractivity contribution in [1.82, 2.24) is 9.88 Å². The minimum atomic E-state index is 0.0481. The van der Waals surface area contributed by atoms with Crippen LogP contribution in [0.15, 0.2) is 48.5 Å². The topological polar surface area (TPSA) is 48.6 Å². The third kappa shape index (κ3) is 2.06. The molecule has 26 heavy (non-hydrogen) atoms.